The van der Waals surface area contributed by atoms with Crippen molar-refractivity contribution in [3.63, 3.8) is 0 Å². The third-order valence-electron chi connectivity index (χ3n) is 5.77. The molecule has 0 aliphatic carbocycles. The number of thiophene rings is 1. The number of esters is 1. The molecule has 40 heavy (non-hydrogen) atoms. The van der Waals surface area contributed by atoms with Crippen LogP contribution in [-0.4, -0.2) is 71.0 Å². The minimum Gasteiger partial charge on any atom is -0.493 e. The molecule has 2 aromatic heterocycles. The SMILES string of the molecule is C=CCn1c(CCCOc2ccc(Cl)cc2C)nnc1SCC(=O)Nc1sc(C(=O)N(C)C)c(C)c1C(=O)OC. The summed E-state index contributed by atoms with van der Waals surface area (Å²) in [4.78, 5) is 39.6. The first-order valence-electron chi connectivity index (χ1n) is 12.3. The fraction of sp³-hybridized carbons (Fsp3) is 0.370. The van der Waals surface area contributed by atoms with Crippen molar-refractivity contribution in [1.29, 1.82) is 0 Å². The second kappa shape index (κ2) is 14.3. The van der Waals surface area contributed by atoms with Crippen LogP contribution in [0.15, 0.2) is 36.0 Å². The number of amides is 2. The van der Waals surface area contributed by atoms with Gasteiger partial charge in [0.15, 0.2) is 5.16 Å². The fourth-order valence-corrected chi connectivity index (χ4v) is 5.99. The molecule has 0 aliphatic rings. The first-order chi connectivity index (χ1) is 19.1. The Kier molecular flexibility index (Phi) is 11.2. The van der Waals surface area contributed by atoms with Crippen molar-refractivity contribution in [2.75, 3.05) is 38.9 Å². The molecular formula is C27H32ClN5O5S2. The number of ether oxygens (including phenoxy) is 2. The van der Waals surface area contributed by atoms with E-state index >= 15 is 0 Å². The number of nitrogens with zero attached hydrogens (tertiary/aromatic N) is 4. The van der Waals surface area contributed by atoms with Gasteiger partial charge in [-0.2, -0.15) is 0 Å². The molecule has 3 aromatic rings. The smallest absolute Gasteiger partial charge is 0.341 e. The molecule has 0 unspecified atom stereocenters. The number of aromatic nitrogens is 3. The van der Waals surface area contributed by atoms with Crippen molar-refractivity contribution in [1.82, 2.24) is 19.7 Å². The Balaban J connectivity index is 1.64. The number of anilines is 1. The van der Waals surface area contributed by atoms with Gasteiger partial charge in [-0.25, -0.2) is 4.79 Å². The van der Waals surface area contributed by atoms with Crippen LogP contribution in [0.1, 0.15) is 43.4 Å². The normalized spacial score (nSPS) is 10.8. The summed E-state index contributed by atoms with van der Waals surface area (Å²) in [7, 11) is 4.49. The quantitative estimate of drug-likeness (QED) is 0.125. The number of allylic oxidation sites excluding steroid dienone is 1. The molecule has 214 valence electrons. The summed E-state index contributed by atoms with van der Waals surface area (Å²) in [6.45, 7) is 8.40. The van der Waals surface area contributed by atoms with Crippen molar-refractivity contribution in [2.24, 2.45) is 0 Å². The van der Waals surface area contributed by atoms with Gasteiger partial charge in [-0.05, 0) is 49.6 Å². The van der Waals surface area contributed by atoms with Gasteiger partial charge in [0.2, 0.25) is 5.91 Å². The summed E-state index contributed by atoms with van der Waals surface area (Å²) in [6.07, 6.45) is 3.08. The molecule has 1 aromatic carbocycles. The van der Waals surface area contributed by atoms with Gasteiger partial charge in [0.05, 0.1) is 29.9 Å². The Hall–Kier alpha value is -3.35. The minimum atomic E-state index is -0.625. The zero-order valence-corrected chi connectivity index (χ0v) is 25.5. The highest BCUT2D eigenvalue weighted by molar-refractivity contribution is 7.99. The van der Waals surface area contributed by atoms with Crippen molar-refractivity contribution in [3.05, 3.63) is 63.3 Å². The molecule has 0 saturated carbocycles. The molecule has 0 bridgehead atoms. The van der Waals surface area contributed by atoms with Gasteiger partial charge in [0.25, 0.3) is 5.91 Å². The lowest BCUT2D eigenvalue weighted by atomic mass is 10.1. The molecule has 0 fully saturated rings. The molecule has 13 heteroatoms. The number of nitrogens with one attached hydrogen (secondary N) is 1. The topological polar surface area (TPSA) is 116 Å². The molecule has 1 N–H and O–H groups in total. The van der Waals surface area contributed by atoms with E-state index in [4.69, 9.17) is 21.1 Å². The molecule has 10 nitrogen and oxygen atoms in total. The van der Waals surface area contributed by atoms with E-state index in [-0.39, 0.29) is 28.1 Å². The van der Waals surface area contributed by atoms with Crippen LogP contribution in [0.5, 0.6) is 5.75 Å². The number of carbonyl (C=O) groups is 3. The number of benzene rings is 1. The van der Waals surface area contributed by atoms with Crippen molar-refractivity contribution in [2.45, 2.75) is 38.4 Å². The number of methoxy groups -OCH3 is 1. The van der Waals surface area contributed by atoms with Gasteiger partial charge < -0.3 is 24.3 Å². The number of thioether (sulfide) groups is 1. The zero-order valence-electron chi connectivity index (χ0n) is 23.1. The lowest BCUT2D eigenvalue weighted by Crippen LogP contribution is -2.21. The summed E-state index contributed by atoms with van der Waals surface area (Å²) in [5.41, 5.74) is 1.60. The summed E-state index contributed by atoms with van der Waals surface area (Å²) >= 11 is 8.27. The number of aryl methyl sites for hydroxylation is 2. The summed E-state index contributed by atoms with van der Waals surface area (Å²) in [5, 5.41) is 12.8. The first-order valence-corrected chi connectivity index (χ1v) is 14.5. The van der Waals surface area contributed by atoms with E-state index in [0.29, 0.717) is 46.6 Å². The highest BCUT2D eigenvalue weighted by atomic mass is 35.5. The van der Waals surface area contributed by atoms with Crippen molar-refractivity contribution in [3.8, 4) is 5.75 Å². The van der Waals surface area contributed by atoms with Crippen LogP contribution in [0.3, 0.4) is 0 Å². The third-order valence-corrected chi connectivity index (χ3v) is 8.16. The van der Waals surface area contributed by atoms with Gasteiger partial charge in [-0.15, -0.1) is 28.1 Å². The van der Waals surface area contributed by atoms with E-state index in [1.54, 1.807) is 33.2 Å². The molecule has 3 rings (SSSR count). The summed E-state index contributed by atoms with van der Waals surface area (Å²) in [6, 6.07) is 5.50. The standard InChI is InChI=1S/C27H32ClN5O5S2/c1-7-12-33-20(9-8-13-38-19-11-10-18(28)14-16(19)2)30-31-27(33)39-15-21(34)29-24-22(26(36)37-6)17(3)23(40-24)25(35)32(4)5/h7,10-11,14H,1,8-9,12-13,15H2,2-6H3,(H,29,34). The van der Waals surface area contributed by atoms with E-state index in [1.807, 2.05) is 23.6 Å². The van der Waals surface area contributed by atoms with Crippen LogP contribution in [0.25, 0.3) is 0 Å². The van der Waals surface area contributed by atoms with E-state index in [1.165, 1.54) is 23.8 Å². The van der Waals surface area contributed by atoms with Crippen LogP contribution >= 0.6 is 34.7 Å². The first kappa shape index (κ1) is 31.2. The minimum absolute atomic E-state index is 0.0166. The number of hydrogen-bond acceptors (Lipinski definition) is 9. The Morgan fingerprint density at radius 3 is 2.65 bits per heavy atom. The van der Waals surface area contributed by atoms with Gasteiger partial charge in [0.1, 0.15) is 16.6 Å². The van der Waals surface area contributed by atoms with E-state index in [2.05, 4.69) is 22.1 Å². The van der Waals surface area contributed by atoms with Crippen LogP contribution in [-0.2, 0) is 22.5 Å². The number of carbonyl (C=O) groups excluding carboxylic acids is 3. The maximum Gasteiger partial charge on any atom is 0.341 e. The molecule has 2 heterocycles. The Morgan fingerprint density at radius 1 is 1.25 bits per heavy atom. The number of hydrogen-bond donors (Lipinski definition) is 1. The molecule has 0 spiro atoms. The van der Waals surface area contributed by atoms with Gasteiger partial charge in [-0.3, -0.25) is 9.59 Å². The number of halogens is 1. The molecular weight excluding hydrogens is 574 g/mol. The lowest BCUT2D eigenvalue weighted by molar-refractivity contribution is -0.113. The van der Waals surface area contributed by atoms with Crippen LogP contribution < -0.4 is 10.1 Å². The molecule has 0 saturated heterocycles. The monoisotopic (exact) mass is 605 g/mol. The van der Waals surface area contributed by atoms with Crippen LogP contribution in [0.2, 0.25) is 5.02 Å². The van der Waals surface area contributed by atoms with Gasteiger partial charge in [0, 0.05) is 32.1 Å². The Labute approximate surface area is 246 Å². The molecule has 0 radical (unpaired) electrons. The third kappa shape index (κ3) is 7.64. The Morgan fingerprint density at radius 2 is 2.00 bits per heavy atom. The predicted octanol–water partition coefficient (Wildman–Crippen LogP) is 5.03. The highest BCUT2D eigenvalue weighted by Gasteiger charge is 2.27. The molecule has 2 amide bonds. The maximum atomic E-state index is 12.9. The average molecular weight is 606 g/mol. The molecule has 0 aliphatic heterocycles. The van der Waals surface area contributed by atoms with E-state index < -0.39 is 5.97 Å². The fourth-order valence-electron chi connectivity index (χ4n) is 3.76. The van der Waals surface area contributed by atoms with E-state index in [9.17, 15) is 14.4 Å². The predicted molar refractivity (Wildman–Crippen MR) is 158 cm³/mol. The van der Waals surface area contributed by atoms with E-state index in [0.717, 1.165) is 28.5 Å². The maximum absolute atomic E-state index is 12.9. The summed E-state index contributed by atoms with van der Waals surface area (Å²) < 4.78 is 12.7. The average Bonchev–Trinajstić information content (AvgIpc) is 3.45. The van der Waals surface area contributed by atoms with Gasteiger partial charge >= 0.3 is 5.97 Å². The Bertz CT molecular complexity index is 1400. The summed E-state index contributed by atoms with van der Waals surface area (Å²) in [5.74, 6) is 0.313. The van der Waals surface area contributed by atoms with Crippen LogP contribution in [0, 0.1) is 13.8 Å². The largest absolute Gasteiger partial charge is 0.493 e. The molecule has 0 atom stereocenters. The lowest BCUT2D eigenvalue weighted by Gasteiger charge is -2.10. The number of rotatable bonds is 13. The second-order valence-electron chi connectivity index (χ2n) is 8.95. The zero-order chi connectivity index (χ0) is 29.4. The second-order valence-corrected chi connectivity index (χ2v) is 11.3. The highest BCUT2D eigenvalue weighted by Crippen LogP contribution is 2.34. The van der Waals surface area contributed by atoms with Crippen LogP contribution in [0.4, 0.5) is 5.00 Å². The van der Waals surface area contributed by atoms with Crippen molar-refractivity contribution < 1.29 is 23.9 Å². The van der Waals surface area contributed by atoms with Gasteiger partial charge in [-0.1, -0.05) is 29.4 Å². The van der Waals surface area contributed by atoms with Crippen molar-refractivity contribution >= 4 is 57.5 Å².